The van der Waals surface area contributed by atoms with Gasteiger partial charge in [-0.05, 0) is 54.8 Å². The number of para-hydroxylation sites is 1. The molecule has 0 saturated carbocycles. The number of rotatable bonds is 8. The van der Waals surface area contributed by atoms with E-state index >= 15 is 0 Å². The van der Waals surface area contributed by atoms with Gasteiger partial charge in [-0.3, -0.25) is 10.1 Å². The van der Waals surface area contributed by atoms with Gasteiger partial charge in [0, 0.05) is 28.4 Å². The van der Waals surface area contributed by atoms with Gasteiger partial charge >= 0.3 is 21.6 Å². The van der Waals surface area contributed by atoms with E-state index in [9.17, 15) is 56.5 Å². The number of halogens is 1. The van der Waals surface area contributed by atoms with Gasteiger partial charge in [0.2, 0.25) is 0 Å². The van der Waals surface area contributed by atoms with Crippen LogP contribution in [0.3, 0.4) is 0 Å². The molecule has 19 nitrogen and oxygen atoms in total. The first kappa shape index (κ1) is 41.8. The predicted molar refractivity (Wildman–Crippen MR) is 182 cm³/mol. The van der Waals surface area contributed by atoms with E-state index in [1.54, 1.807) is 31.2 Å². The Kier molecular flexibility index (Phi) is 12.6. The molecule has 5 aromatic carbocycles. The fourth-order valence-electron chi connectivity index (χ4n) is 4.64. The number of benzene rings is 5. The minimum absolute atomic E-state index is 0. The Morgan fingerprint density at radius 1 is 0.727 bits per heavy atom. The molecule has 6 rings (SSSR count). The maximum absolute atomic E-state index is 12.4. The third kappa shape index (κ3) is 9.58. The zero-order chi connectivity index (χ0) is 39.5. The zero-order valence-corrected chi connectivity index (χ0v) is 31.0. The van der Waals surface area contributed by atoms with E-state index in [2.05, 4.69) is 25.6 Å². The summed E-state index contributed by atoms with van der Waals surface area (Å²) in [5.74, 6) is -2.58. The molecule has 1 heterocycles. The SMILES string of the molecule is Cc1nn(-c2ccccc2)c([O-])c1N=Nc1ccc([N+](=O)[O-])cc1[O-].O=S(=O)([O-])c1cc(S(=O)(=O)[O-])c2c(N=Nc3cc(Cl)ccc3[O-])c([O-])ccc2c1.[Cr+3].[H+].[H+].[H+]. The quantitative estimate of drug-likeness (QED) is 0.0857. The van der Waals surface area contributed by atoms with E-state index in [0.717, 1.165) is 42.5 Å². The van der Waals surface area contributed by atoms with Crippen molar-refractivity contribution in [1.82, 2.24) is 9.78 Å². The van der Waals surface area contributed by atoms with Crippen LogP contribution in [0.1, 0.15) is 9.97 Å². The van der Waals surface area contributed by atoms with Crippen LogP contribution in [0, 0.1) is 17.0 Å². The second-order valence-corrected chi connectivity index (χ2v) is 13.9. The van der Waals surface area contributed by atoms with Gasteiger partial charge in [-0.25, -0.2) is 21.5 Å². The second kappa shape index (κ2) is 16.6. The Morgan fingerprint density at radius 3 is 1.98 bits per heavy atom. The van der Waals surface area contributed by atoms with Gasteiger partial charge in [0.05, 0.1) is 43.2 Å². The first-order valence-corrected chi connectivity index (χ1v) is 17.8. The summed E-state index contributed by atoms with van der Waals surface area (Å²) in [6, 6.07) is 18.6. The third-order valence-electron chi connectivity index (χ3n) is 7.13. The summed E-state index contributed by atoms with van der Waals surface area (Å²) in [6.45, 7) is 1.60. The average molecular weight is 847 g/mol. The van der Waals surface area contributed by atoms with E-state index < -0.39 is 69.2 Å². The molecule has 0 bridgehead atoms. The molecule has 0 unspecified atom stereocenters. The van der Waals surface area contributed by atoms with Gasteiger partial charge in [-0.1, -0.05) is 65.2 Å². The van der Waals surface area contributed by atoms with Gasteiger partial charge in [-0.2, -0.15) is 20.4 Å². The molecule has 23 heteroatoms. The Morgan fingerprint density at radius 2 is 1.36 bits per heavy atom. The number of hydrogen-bond donors (Lipinski definition) is 0. The van der Waals surface area contributed by atoms with Crippen molar-refractivity contribution in [2.45, 2.75) is 16.7 Å². The molecule has 281 valence electrons. The number of non-ortho nitro benzene ring substituents is 1. The van der Waals surface area contributed by atoms with Crippen LogP contribution >= 0.6 is 11.6 Å². The minimum Gasteiger partial charge on any atom is -0.871 e. The summed E-state index contributed by atoms with van der Waals surface area (Å²) in [4.78, 5) is 7.85. The van der Waals surface area contributed by atoms with Gasteiger partial charge in [0.25, 0.3) is 5.69 Å². The monoisotopic (exact) mass is 846 g/mol. The van der Waals surface area contributed by atoms with Crippen LogP contribution in [-0.4, -0.2) is 40.6 Å². The summed E-state index contributed by atoms with van der Waals surface area (Å²) in [7, 11) is -10.4. The van der Waals surface area contributed by atoms with Gasteiger partial charge in [0.15, 0.2) is 0 Å². The number of nitro groups is 1. The van der Waals surface area contributed by atoms with Crippen LogP contribution in [0.2, 0.25) is 5.02 Å². The summed E-state index contributed by atoms with van der Waals surface area (Å²) < 4.78 is 70.1. The number of nitro benzene ring substituents is 1. The van der Waals surface area contributed by atoms with E-state index in [-0.39, 0.29) is 54.8 Å². The van der Waals surface area contributed by atoms with E-state index in [1.807, 2.05) is 6.07 Å². The first-order valence-electron chi connectivity index (χ1n) is 14.6. The van der Waals surface area contributed by atoms with Crippen LogP contribution in [-0.2, 0) is 37.6 Å². The van der Waals surface area contributed by atoms with E-state index in [0.29, 0.717) is 17.4 Å². The third-order valence-corrected chi connectivity index (χ3v) is 9.04. The molecule has 0 N–H and O–H groups in total. The van der Waals surface area contributed by atoms with Crippen LogP contribution in [0.4, 0.5) is 28.4 Å². The molecule has 0 spiro atoms. The Labute approximate surface area is 330 Å². The molecule has 0 aliphatic rings. The average Bonchev–Trinajstić information content (AvgIpc) is 3.40. The number of aryl methyl sites for hydroxylation is 1. The topological polar surface area (TPSA) is 317 Å². The summed E-state index contributed by atoms with van der Waals surface area (Å²) in [6.07, 6.45) is 0. The molecule has 1 radical (unpaired) electrons. The van der Waals surface area contributed by atoms with Crippen LogP contribution in [0.15, 0.2) is 121 Å². The van der Waals surface area contributed by atoms with Gasteiger partial charge < -0.3 is 29.5 Å². The van der Waals surface area contributed by atoms with Crippen LogP contribution < -0.4 is 20.4 Å². The molecule has 1 aromatic heterocycles. The van der Waals surface area contributed by atoms with Crippen molar-refractivity contribution in [1.29, 1.82) is 0 Å². The smallest absolute Gasteiger partial charge is 0.871 e. The summed E-state index contributed by atoms with van der Waals surface area (Å²) in [5.41, 5.74) is -0.394. The Balaban J connectivity index is 0.000000547. The van der Waals surface area contributed by atoms with Crippen molar-refractivity contribution in [2.75, 3.05) is 0 Å². The van der Waals surface area contributed by atoms with Gasteiger partial charge in [-0.15, -0.1) is 5.11 Å². The second-order valence-electron chi connectivity index (χ2n) is 10.7. The van der Waals surface area contributed by atoms with Gasteiger partial charge in [0.1, 0.15) is 25.9 Å². The van der Waals surface area contributed by atoms with Crippen LogP contribution in [0.25, 0.3) is 16.5 Å². The molecule has 6 aromatic rings. The predicted octanol–water partition coefficient (Wildman–Crippen LogP) is 4.85. The molecule has 0 fully saturated rings. The Hall–Kier alpha value is -5.99. The van der Waals surface area contributed by atoms with Crippen LogP contribution in [0.5, 0.6) is 23.1 Å². The molecule has 0 aliphatic carbocycles. The normalized spacial score (nSPS) is 11.7. The van der Waals surface area contributed by atoms with E-state index in [1.165, 1.54) is 16.8 Å². The number of azo groups is 2. The fourth-order valence-corrected chi connectivity index (χ4v) is 6.15. The van der Waals surface area contributed by atoms with Crippen molar-refractivity contribution in [3.8, 4) is 28.8 Å². The van der Waals surface area contributed by atoms with E-state index in [4.69, 9.17) is 11.6 Å². The molecular weight excluding hydrogens is 826 g/mol. The number of fused-ring (bicyclic) bond motifs is 1. The molecule has 0 amide bonds. The number of hydrogen-bond acceptors (Lipinski definition) is 17. The number of aromatic nitrogens is 2. The largest absolute Gasteiger partial charge is 3.00 e. The maximum Gasteiger partial charge on any atom is 3.00 e. The molecule has 0 saturated heterocycles. The van der Waals surface area contributed by atoms with Crippen molar-refractivity contribution in [3.05, 3.63) is 112 Å². The fraction of sp³-hybridized carbons (Fsp3) is 0.0312. The molecule has 0 aliphatic heterocycles. The standard InChI is InChI=1S/C16H11ClN2O8S2.C16H13N5O4.Cr/c17-9-2-4-12(20)11(6-9)18-19-16-13(21)3-1-8-5-10(28(22,23)24)7-14(15(8)16)29(25,26)27;1-10-15(16(23)20(19-10)11-5-3-2-4-6-11)18-17-13-8-7-12(21(24)25)9-14(13)22;/h1-7,20-21H,(H,22,23,24)(H,25,26,27);2-9,22-23H,1H3;/q;;+3/p-3. The Bertz CT molecular complexity index is 2750. The summed E-state index contributed by atoms with van der Waals surface area (Å²) in [5, 5.41) is 77.1. The zero-order valence-electron chi connectivity index (χ0n) is 30.3. The van der Waals surface area contributed by atoms with Crippen molar-refractivity contribution in [2.24, 2.45) is 20.5 Å². The first-order chi connectivity index (χ1) is 25.3. The number of nitrogens with zero attached hydrogens (tertiary/aromatic N) is 7. The molecule has 55 heavy (non-hydrogen) atoms. The summed E-state index contributed by atoms with van der Waals surface area (Å²) >= 11 is 5.76. The minimum atomic E-state index is -5.33. The maximum atomic E-state index is 12.4. The van der Waals surface area contributed by atoms with Crippen molar-refractivity contribution < 1.29 is 72.9 Å². The molecular formula is C32H21ClCrN7O12S2. The van der Waals surface area contributed by atoms with Crippen molar-refractivity contribution >= 4 is 71.0 Å². The van der Waals surface area contributed by atoms with Crippen molar-refractivity contribution in [3.63, 3.8) is 0 Å². The molecule has 0 atom stereocenters.